The molecule has 0 aliphatic heterocycles. The van der Waals surface area contributed by atoms with Crippen LogP contribution in [0, 0.1) is 0 Å². The largest absolute Gasteiger partial charge is 0.462 e. The fourth-order valence-electron chi connectivity index (χ4n) is 7.90. The molecule has 6 heteroatoms. The van der Waals surface area contributed by atoms with Crippen LogP contribution in [0.25, 0.3) is 0 Å². The average Bonchev–Trinajstić information content (AvgIpc) is 3.28. The van der Waals surface area contributed by atoms with Crippen molar-refractivity contribution in [2.75, 3.05) is 13.2 Å². The number of rotatable bonds is 50. The molecule has 0 radical (unpaired) electrons. The van der Waals surface area contributed by atoms with E-state index in [0.717, 1.165) is 77.0 Å². The van der Waals surface area contributed by atoms with Gasteiger partial charge in [0.2, 0.25) is 0 Å². The van der Waals surface area contributed by atoms with Crippen molar-refractivity contribution in [2.24, 2.45) is 0 Å². The Morgan fingerprint density at radius 1 is 0.302 bits per heavy atom. The van der Waals surface area contributed by atoms with E-state index in [1.165, 1.54) is 173 Å². The molecule has 0 unspecified atom stereocenters. The predicted molar refractivity (Wildman–Crippen MR) is 270 cm³/mol. The maximum absolute atomic E-state index is 12.8. The SMILES string of the molecule is CCCCCCCCCCCC=CCCCCC(=O)OCC(COC(=O)CCCCC=CCCCCCCCCCCC)OC(=O)CCCCC=CCCCCCCCCCCC. The number of esters is 3. The first-order chi connectivity index (χ1) is 31.0. The van der Waals surface area contributed by atoms with Gasteiger partial charge in [0.05, 0.1) is 0 Å². The van der Waals surface area contributed by atoms with E-state index in [0.29, 0.717) is 19.3 Å². The third-order valence-electron chi connectivity index (χ3n) is 12.1. The van der Waals surface area contributed by atoms with Gasteiger partial charge in [-0.05, 0) is 96.3 Å². The molecule has 0 N–H and O–H groups in total. The summed E-state index contributed by atoms with van der Waals surface area (Å²) in [4.78, 5) is 38.0. The lowest BCUT2D eigenvalue weighted by Gasteiger charge is -2.18. The molecule has 63 heavy (non-hydrogen) atoms. The Hall–Kier alpha value is -2.37. The summed E-state index contributed by atoms with van der Waals surface area (Å²) in [6, 6.07) is 0. The van der Waals surface area contributed by atoms with E-state index in [4.69, 9.17) is 14.2 Å². The van der Waals surface area contributed by atoms with Gasteiger partial charge in [0.15, 0.2) is 6.10 Å². The normalized spacial score (nSPS) is 12.2. The number of hydrogen-bond donors (Lipinski definition) is 0. The summed E-state index contributed by atoms with van der Waals surface area (Å²) in [6.45, 7) is 6.61. The minimum Gasteiger partial charge on any atom is -0.462 e. The van der Waals surface area contributed by atoms with Crippen molar-refractivity contribution in [3.63, 3.8) is 0 Å². The first-order valence-electron chi connectivity index (χ1n) is 27.5. The zero-order chi connectivity index (χ0) is 45.8. The second-order valence-electron chi connectivity index (χ2n) is 18.5. The van der Waals surface area contributed by atoms with Crippen molar-refractivity contribution < 1.29 is 28.6 Å². The molecule has 0 heterocycles. The van der Waals surface area contributed by atoms with Crippen LogP contribution in [0.15, 0.2) is 36.5 Å². The van der Waals surface area contributed by atoms with Gasteiger partial charge in [-0.2, -0.15) is 0 Å². The highest BCUT2D eigenvalue weighted by Gasteiger charge is 2.19. The summed E-state index contributed by atoms with van der Waals surface area (Å²) in [5.74, 6) is -0.948. The van der Waals surface area contributed by atoms with Gasteiger partial charge < -0.3 is 14.2 Å². The Labute approximate surface area is 391 Å². The Balaban J connectivity index is 4.43. The fraction of sp³-hybridized carbons (Fsp3) is 0.842. The monoisotopic (exact) mass is 885 g/mol. The molecule has 0 fully saturated rings. The molecular weight excluding hydrogens is 781 g/mol. The molecule has 0 aromatic rings. The fourth-order valence-corrected chi connectivity index (χ4v) is 7.90. The Bertz CT molecular complexity index is 1010. The van der Waals surface area contributed by atoms with Gasteiger partial charge in [-0.25, -0.2) is 0 Å². The van der Waals surface area contributed by atoms with Crippen molar-refractivity contribution in [1.82, 2.24) is 0 Å². The number of carbonyl (C=O) groups excluding carboxylic acids is 3. The van der Waals surface area contributed by atoms with Gasteiger partial charge in [0.1, 0.15) is 13.2 Å². The molecule has 0 aromatic carbocycles. The maximum atomic E-state index is 12.8. The van der Waals surface area contributed by atoms with E-state index in [1.54, 1.807) is 0 Å². The average molecular weight is 885 g/mol. The van der Waals surface area contributed by atoms with Crippen LogP contribution in [0.5, 0.6) is 0 Å². The van der Waals surface area contributed by atoms with Crippen LogP contribution in [-0.2, 0) is 28.6 Å². The van der Waals surface area contributed by atoms with E-state index in [-0.39, 0.29) is 31.1 Å². The summed E-state index contributed by atoms with van der Waals surface area (Å²) >= 11 is 0. The first-order valence-corrected chi connectivity index (χ1v) is 27.5. The second kappa shape index (κ2) is 52.3. The molecule has 0 aliphatic carbocycles. The zero-order valence-corrected chi connectivity index (χ0v) is 42.1. The minimum absolute atomic E-state index is 0.0954. The van der Waals surface area contributed by atoms with E-state index in [9.17, 15) is 14.4 Å². The summed E-state index contributed by atoms with van der Waals surface area (Å²) in [5, 5.41) is 0. The molecule has 368 valence electrons. The number of carbonyl (C=O) groups is 3. The van der Waals surface area contributed by atoms with Crippen LogP contribution in [0.2, 0.25) is 0 Å². The van der Waals surface area contributed by atoms with Gasteiger partial charge >= 0.3 is 17.9 Å². The Kier molecular flexibility index (Phi) is 50.3. The number of unbranched alkanes of at least 4 members (excludes halogenated alkanes) is 33. The van der Waals surface area contributed by atoms with Gasteiger partial charge in [-0.3, -0.25) is 14.4 Å². The molecular formula is C57H104O6. The molecule has 0 bridgehead atoms. The summed E-state index contributed by atoms with van der Waals surface area (Å²) in [7, 11) is 0. The summed E-state index contributed by atoms with van der Waals surface area (Å²) in [6.07, 6.45) is 61.4. The van der Waals surface area contributed by atoms with Crippen LogP contribution in [0.3, 0.4) is 0 Å². The van der Waals surface area contributed by atoms with Crippen LogP contribution in [0.4, 0.5) is 0 Å². The molecule has 0 rings (SSSR count). The topological polar surface area (TPSA) is 78.9 Å². The van der Waals surface area contributed by atoms with Gasteiger partial charge in [0.25, 0.3) is 0 Å². The first kappa shape index (κ1) is 60.6. The molecule has 0 spiro atoms. The summed E-state index contributed by atoms with van der Waals surface area (Å²) < 4.78 is 16.8. The highest BCUT2D eigenvalue weighted by atomic mass is 16.6. The van der Waals surface area contributed by atoms with Crippen molar-refractivity contribution in [3.8, 4) is 0 Å². The quantitative estimate of drug-likeness (QED) is 0.0262. The van der Waals surface area contributed by atoms with Crippen molar-refractivity contribution in [1.29, 1.82) is 0 Å². The third-order valence-corrected chi connectivity index (χ3v) is 12.1. The molecule has 0 amide bonds. The third kappa shape index (κ3) is 50.5. The number of ether oxygens (including phenoxy) is 3. The lowest BCUT2D eigenvalue weighted by atomic mass is 10.1. The van der Waals surface area contributed by atoms with Crippen molar-refractivity contribution in [2.45, 2.75) is 297 Å². The predicted octanol–water partition coefficient (Wildman–Crippen LogP) is 18.1. The molecule has 0 saturated carbocycles. The van der Waals surface area contributed by atoms with Crippen molar-refractivity contribution in [3.05, 3.63) is 36.5 Å². The van der Waals surface area contributed by atoms with Crippen LogP contribution in [-0.4, -0.2) is 37.2 Å². The lowest BCUT2D eigenvalue weighted by molar-refractivity contribution is -0.167. The van der Waals surface area contributed by atoms with E-state index < -0.39 is 6.10 Å². The molecule has 0 saturated heterocycles. The van der Waals surface area contributed by atoms with Gasteiger partial charge in [-0.1, -0.05) is 211 Å². The van der Waals surface area contributed by atoms with Crippen LogP contribution < -0.4 is 0 Å². The second-order valence-corrected chi connectivity index (χ2v) is 18.5. The molecule has 0 aromatic heterocycles. The van der Waals surface area contributed by atoms with E-state index in [2.05, 4.69) is 57.2 Å². The van der Waals surface area contributed by atoms with Gasteiger partial charge in [0, 0.05) is 19.3 Å². The highest BCUT2D eigenvalue weighted by Crippen LogP contribution is 2.15. The number of hydrogen-bond acceptors (Lipinski definition) is 6. The van der Waals surface area contributed by atoms with Crippen molar-refractivity contribution >= 4 is 17.9 Å². The molecule has 0 aliphatic rings. The zero-order valence-electron chi connectivity index (χ0n) is 42.1. The highest BCUT2D eigenvalue weighted by molar-refractivity contribution is 5.71. The molecule has 6 nitrogen and oxygen atoms in total. The Morgan fingerprint density at radius 3 is 0.794 bits per heavy atom. The van der Waals surface area contributed by atoms with Gasteiger partial charge in [-0.15, -0.1) is 0 Å². The number of allylic oxidation sites excluding steroid dienone is 6. The smallest absolute Gasteiger partial charge is 0.306 e. The maximum Gasteiger partial charge on any atom is 0.306 e. The minimum atomic E-state index is -0.797. The van der Waals surface area contributed by atoms with E-state index in [1.807, 2.05) is 0 Å². The van der Waals surface area contributed by atoms with Crippen LogP contribution in [0.1, 0.15) is 290 Å². The Morgan fingerprint density at radius 2 is 0.524 bits per heavy atom. The molecule has 0 atom stereocenters. The standard InChI is InChI=1S/C57H104O6/c1-4-7-10-13-16-19-22-25-28-31-34-37-40-43-46-49-55(58)61-52-54(63-57(60)51-48-45-42-39-36-33-30-27-24-21-18-15-12-9-6-3)53-62-56(59)50-47-44-41-38-35-32-29-26-23-20-17-14-11-8-5-2/h34-39,54H,4-33,40-53H2,1-3H3. The summed E-state index contributed by atoms with van der Waals surface area (Å²) in [5.41, 5.74) is 0. The lowest BCUT2D eigenvalue weighted by Crippen LogP contribution is -2.30. The van der Waals surface area contributed by atoms with Crippen LogP contribution >= 0.6 is 0 Å². The van der Waals surface area contributed by atoms with E-state index >= 15 is 0 Å².